The Labute approximate surface area is 443 Å². The molecule has 0 bridgehead atoms. The van der Waals surface area contributed by atoms with Crippen LogP contribution < -0.4 is 5.32 Å². The molecule has 0 aliphatic carbocycles. The Morgan fingerprint density at radius 1 is 0.394 bits per heavy atom. The molecule has 71 heavy (non-hydrogen) atoms. The number of allylic oxidation sites excluding steroid dienone is 6. The van der Waals surface area contributed by atoms with Crippen molar-refractivity contribution in [2.24, 2.45) is 0 Å². The number of nitrogens with one attached hydrogen (secondary N) is 1. The highest BCUT2D eigenvalue weighted by Gasteiger charge is 2.20. The number of hydrogen-bond acceptors (Lipinski definition) is 5. The van der Waals surface area contributed by atoms with Crippen molar-refractivity contribution in [1.82, 2.24) is 5.32 Å². The average molecular weight is 999 g/mol. The molecular formula is C65H123NO5. The molecule has 3 N–H and O–H groups in total. The maximum atomic E-state index is 12.5. The van der Waals surface area contributed by atoms with Crippen LogP contribution in [-0.4, -0.2) is 47.4 Å². The first-order valence-electron chi connectivity index (χ1n) is 31.7. The van der Waals surface area contributed by atoms with Crippen molar-refractivity contribution < 1.29 is 24.5 Å². The third kappa shape index (κ3) is 57.2. The quantitative estimate of drug-likeness (QED) is 0.0321. The lowest BCUT2D eigenvalue weighted by molar-refractivity contribution is -0.143. The Balaban J connectivity index is 3.47. The van der Waals surface area contributed by atoms with Crippen LogP contribution in [0.15, 0.2) is 36.5 Å². The van der Waals surface area contributed by atoms with Crippen LogP contribution in [-0.2, 0) is 14.3 Å². The van der Waals surface area contributed by atoms with Gasteiger partial charge in [-0.1, -0.05) is 288 Å². The van der Waals surface area contributed by atoms with Gasteiger partial charge in [0.05, 0.1) is 25.4 Å². The van der Waals surface area contributed by atoms with Crippen LogP contribution in [0.2, 0.25) is 0 Å². The van der Waals surface area contributed by atoms with Crippen molar-refractivity contribution in [3.05, 3.63) is 36.5 Å². The molecule has 0 fully saturated rings. The number of aliphatic hydroxyl groups is 2. The van der Waals surface area contributed by atoms with Gasteiger partial charge in [0, 0.05) is 12.8 Å². The first kappa shape index (κ1) is 69.1. The predicted octanol–water partition coefficient (Wildman–Crippen LogP) is 20.0. The van der Waals surface area contributed by atoms with E-state index in [9.17, 15) is 19.8 Å². The second-order valence-corrected chi connectivity index (χ2v) is 21.7. The van der Waals surface area contributed by atoms with Crippen LogP contribution in [0.4, 0.5) is 0 Å². The highest BCUT2D eigenvalue weighted by Crippen LogP contribution is 2.18. The monoisotopic (exact) mass is 998 g/mol. The molecule has 1 amide bonds. The highest BCUT2D eigenvalue weighted by molar-refractivity contribution is 5.76. The number of amides is 1. The molecule has 0 aliphatic heterocycles. The first-order valence-corrected chi connectivity index (χ1v) is 31.7. The number of carbonyl (C=O) groups excluding carboxylic acids is 2. The molecule has 0 rings (SSSR count). The lowest BCUT2D eigenvalue weighted by Gasteiger charge is -2.22. The van der Waals surface area contributed by atoms with E-state index in [0.29, 0.717) is 25.9 Å². The first-order chi connectivity index (χ1) is 35.0. The minimum absolute atomic E-state index is 0.0241. The van der Waals surface area contributed by atoms with Gasteiger partial charge in [-0.3, -0.25) is 9.59 Å². The number of rotatable bonds is 59. The third-order valence-electron chi connectivity index (χ3n) is 14.7. The second kappa shape index (κ2) is 60.6. The molecule has 418 valence electrons. The Kier molecular flexibility index (Phi) is 59.0. The molecule has 0 aromatic carbocycles. The van der Waals surface area contributed by atoms with E-state index in [-0.39, 0.29) is 18.5 Å². The molecule has 0 heterocycles. The van der Waals surface area contributed by atoms with Gasteiger partial charge in [-0.25, -0.2) is 0 Å². The largest absolute Gasteiger partial charge is 0.466 e. The summed E-state index contributed by atoms with van der Waals surface area (Å²) in [6.45, 7) is 4.89. The van der Waals surface area contributed by atoms with Gasteiger partial charge >= 0.3 is 5.97 Å². The fraction of sp³-hybridized carbons (Fsp3) is 0.877. The number of unbranched alkanes of at least 4 members (excludes halogenated alkanes) is 42. The lowest BCUT2D eigenvalue weighted by atomic mass is 10.0. The minimum atomic E-state index is -0.677. The molecule has 6 heteroatoms. The number of esters is 1. The fourth-order valence-corrected chi connectivity index (χ4v) is 9.77. The summed E-state index contributed by atoms with van der Waals surface area (Å²) in [7, 11) is 0. The summed E-state index contributed by atoms with van der Waals surface area (Å²) in [5, 5.41) is 23.4. The van der Waals surface area contributed by atoms with Crippen molar-refractivity contribution in [3.63, 3.8) is 0 Å². The highest BCUT2D eigenvalue weighted by atomic mass is 16.5. The van der Waals surface area contributed by atoms with Crippen molar-refractivity contribution in [2.45, 2.75) is 353 Å². The van der Waals surface area contributed by atoms with Crippen LogP contribution >= 0.6 is 0 Å². The summed E-state index contributed by atoms with van der Waals surface area (Å²) >= 11 is 0. The maximum Gasteiger partial charge on any atom is 0.305 e. The Morgan fingerprint density at radius 2 is 0.718 bits per heavy atom. The zero-order valence-electron chi connectivity index (χ0n) is 47.7. The molecule has 0 aromatic heterocycles. The zero-order chi connectivity index (χ0) is 51.4. The molecule has 2 atom stereocenters. The third-order valence-corrected chi connectivity index (χ3v) is 14.7. The summed E-state index contributed by atoms with van der Waals surface area (Å²) in [6, 6.07) is -0.555. The van der Waals surface area contributed by atoms with Crippen molar-refractivity contribution >= 4 is 11.9 Å². The molecule has 2 unspecified atom stereocenters. The second-order valence-electron chi connectivity index (χ2n) is 21.7. The van der Waals surface area contributed by atoms with E-state index in [2.05, 4.69) is 55.6 Å². The Hall–Kier alpha value is -1.92. The van der Waals surface area contributed by atoms with E-state index >= 15 is 0 Å². The van der Waals surface area contributed by atoms with E-state index in [0.717, 1.165) is 83.5 Å². The van der Waals surface area contributed by atoms with Gasteiger partial charge < -0.3 is 20.3 Å². The van der Waals surface area contributed by atoms with Crippen molar-refractivity contribution in [3.8, 4) is 0 Å². The average Bonchev–Trinajstić information content (AvgIpc) is 3.37. The van der Waals surface area contributed by atoms with Gasteiger partial charge in [-0.2, -0.15) is 0 Å². The SMILES string of the molecule is CCCC/C=C\C/C=C\CCCCCCCC(=O)OCCCCCC/C=C\CCCCCCCCCC(=O)NC(CO)C(O)CCCCCCCCCCCCCCCCCCCCCCCCCCC. The van der Waals surface area contributed by atoms with Crippen LogP contribution in [0.25, 0.3) is 0 Å². The van der Waals surface area contributed by atoms with E-state index < -0.39 is 12.1 Å². The summed E-state index contributed by atoms with van der Waals surface area (Å²) in [5.41, 5.74) is 0. The smallest absolute Gasteiger partial charge is 0.305 e. The van der Waals surface area contributed by atoms with Crippen molar-refractivity contribution in [1.29, 1.82) is 0 Å². The number of aliphatic hydroxyl groups excluding tert-OH is 2. The molecule has 6 nitrogen and oxygen atoms in total. The summed E-state index contributed by atoms with van der Waals surface area (Å²) in [5.74, 6) is -0.0717. The van der Waals surface area contributed by atoms with Gasteiger partial charge in [0.1, 0.15) is 0 Å². The molecule has 0 aromatic rings. The fourth-order valence-electron chi connectivity index (χ4n) is 9.77. The van der Waals surface area contributed by atoms with Crippen molar-refractivity contribution in [2.75, 3.05) is 13.2 Å². The molecule has 0 spiro atoms. The number of carbonyl (C=O) groups is 2. The summed E-state index contributed by atoms with van der Waals surface area (Å²) in [4.78, 5) is 24.6. The van der Waals surface area contributed by atoms with Gasteiger partial charge in [0.25, 0.3) is 0 Å². The Bertz CT molecular complexity index is 1150. The van der Waals surface area contributed by atoms with Gasteiger partial charge in [0.2, 0.25) is 5.91 Å². The van der Waals surface area contributed by atoms with Gasteiger partial charge in [-0.05, 0) is 77.0 Å². The van der Waals surface area contributed by atoms with Gasteiger partial charge in [-0.15, -0.1) is 0 Å². The summed E-state index contributed by atoms with van der Waals surface area (Å²) < 4.78 is 5.45. The summed E-state index contributed by atoms with van der Waals surface area (Å²) in [6.07, 6.45) is 75.8. The van der Waals surface area contributed by atoms with Crippen LogP contribution in [0.3, 0.4) is 0 Å². The molecule has 0 saturated carbocycles. The van der Waals surface area contributed by atoms with Crippen LogP contribution in [0.5, 0.6) is 0 Å². The minimum Gasteiger partial charge on any atom is -0.466 e. The zero-order valence-corrected chi connectivity index (χ0v) is 47.7. The molecular weight excluding hydrogens is 875 g/mol. The molecule has 0 saturated heterocycles. The normalized spacial score (nSPS) is 12.8. The maximum absolute atomic E-state index is 12.5. The topological polar surface area (TPSA) is 95.9 Å². The lowest BCUT2D eigenvalue weighted by Crippen LogP contribution is -2.45. The van der Waals surface area contributed by atoms with Crippen LogP contribution in [0, 0.1) is 0 Å². The van der Waals surface area contributed by atoms with E-state index in [1.54, 1.807) is 0 Å². The van der Waals surface area contributed by atoms with E-state index in [1.165, 1.54) is 225 Å². The molecule has 0 aliphatic rings. The number of hydrogen-bond donors (Lipinski definition) is 3. The molecule has 0 radical (unpaired) electrons. The van der Waals surface area contributed by atoms with Gasteiger partial charge in [0.15, 0.2) is 0 Å². The van der Waals surface area contributed by atoms with E-state index in [1.807, 2.05) is 0 Å². The Morgan fingerprint density at radius 3 is 1.13 bits per heavy atom. The van der Waals surface area contributed by atoms with Crippen LogP contribution in [0.1, 0.15) is 341 Å². The number of ether oxygens (including phenoxy) is 1. The van der Waals surface area contributed by atoms with E-state index in [4.69, 9.17) is 4.74 Å². The predicted molar refractivity (Wildman–Crippen MR) is 310 cm³/mol. The standard InChI is InChI=1S/C65H123NO5/c1-3-5-7-9-11-13-15-17-19-20-21-22-23-24-25-26-27-28-30-33-37-41-45-49-53-57-63(68)62(61-67)66-64(69)58-54-50-46-42-38-34-31-29-32-36-40-44-48-52-56-60-71-65(70)59-55-51-47-43-39-35-18-16-14-12-10-8-6-4-2/h10,12,16,18,32,36,62-63,67-68H,3-9,11,13-15,17,19-31,33-35,37-61H2,1-2H3,(H,66,69)/b12-10-,18-16-,36-32-.